The lowest BCUT2D eigenvalue weighted by Gasteiger charge is -2.06. The lowest BCUT2D eigenvalue weighted by Crippen LogP contribution is -1.89. The molecular formula is C38H28O6S15. The molecule has 0 spiro atoms. The van der Waals surface area contributed by atoms with Crippen molar-refractivity contribution in [2.75, 3.05) is 42.7 Å². The molecule has 0 saturated carbocycles. The molecule has 0 unspecified atom stereocenters. The molecule has 3 aromatic rings. The maximum absolute atomic E-state index is 5.97. The van der Waals surface area contributed by atoms with E-state index in [-0.39, 0.29) is 0 Å². The Morgan fingerprint density at radius 1 is 0.288 bits per heavy atom. The number of ether oxygens (including phenoxy) is 6. The van der Waals surface area contributed by atoms with Gasteiger partial charge in [0.15, 0.2) is 34.5 Å². The summed E-state index contributed by atoms with van der Waals surface area (Å²) in [5, 5.41) is 8.40. The Balaban J connectivity index is 0.868. The summed E-state index contributed by atoms with van der Waals surface area (Å²) in [6.07, 6.45) is 13.3. The normalized spacial score (nSPS) is 18.1. The van der Waals surface area contributed by atoms with E-state index in [2.05, 4.69) is 58.1 Å². The van der Waals surface area contributed by atoms with Crippen LogP contribution in [-0.2, 0) is 0 Å². The summed E-state index contributed by atoms with van der Waals surface area (Å²) in [7, 11) is 10.3. The third-order valence-electron chi connectivity index (χ3n) is 8.07. The van der Waals surface area contributed by atoms with Gasteiger partial charge in [-0.3, -0.25) is 0 Å². The van der Waals surface area contributed by atoms with Gasteiger partial charge in [0.25, 0.3) is 0 Å². The number of hydrogen-bond donors (Lipinski definition) is 0. The second-order valence-corrected chi connectivity index (χ2v) is 29.5. The quantitative estimate of drug-likeness (QED) is 0.173. The monoisotopic (exact) mass is 1060 g/mol. The maximum atomic E-state index is 5.97. The molecule has 0 atom stereocenters. The lowest BCUT2D eigenvalue weighted by atomic mass is 10.3. The summed E-state index contributed by atoms with van der Waals surface area (Å²) in [6, 6.07) is 0. The van der Waals surface area contributed by atoms with Crippen molar-refractivity contribution in [2.24, 2.45) is 0 Å². The van der Waals surface area contributed by atoms with E-state index in [9.17, 15) is 0 Å². The summed E-state index contributed by atoms with van der Waals surface area (Å²) in [5.74, 6) is 4.65. The molecule has 0 bridgehead atoms. The van der Waals surface area contributed by atoms with E-state index in [0.29, 0.717) is 0 Å². The fourth-order valence-corrected chi connectivity index (χ4v) is 25.6. The first-order chi connectivity index (χ1) is 28.9. The largest absolute Gasteiger partial charge is 0.491 e. The molecular weight excluding hydrogens is 1030 g/mol. The van der Waals surface area contributed by atoms with Crippen LogP contribution in [0.15, 0.2) is 64.0 Å². The number of thiophene rings is 3. The van der Waals surface area contributed by atoms with Crippen LogP contribution in [0.2, 0.25) is 0 Å². The highest BCUT2D eigenvalue weighted by Crippen LogP contribution is 2.69. The summed E-state index contributed by atoms with van der Waals surface area (Å²) < 4.78 is 47.8. The molecule has 9 heterocycles. The predicted octanol–water partition coefficient (Wildman–Crippen LogP) is 17.2. The smallest absolute Gasteiger partial charge is 0.179 e. The van der Waals surface area contributed by atoms with E-state index in [1.165, 1.54) is 42.4 Å². The van der Waals surface area contributed by atoms with Gasteiger partial charge in [-0.1, -0.05) is 141 Å². The molecule has 0 amide bonds. The third-order valence-corrected chi connectivity index (χ3v) is 25.9. The van der Waals surface area contributed by atoms with Crippen molar-refractivity contribution in [3.05, 3.63) is 93.3 Å². The molecule has 6 aliphatic heterocycles. The van der Waals surface area contributed by atoms with Gasteiger partial charge < -0.3 is 28.4 Å². The Bertz CT molecular complexity index is 2310. The molecule has 9 rings (SSSR count). The standard InChI is InChI=1S/C38H28O6S15/c1-39-29-17(11-23-45-7-8-46-23)49-19(31(29)41-3)13-25-52-35-36(53-25)57-27(56-35)15-21-33(43-5)34(44-6)22(51-21)16-28-58-37-38(59-28)55-26(54-37)14-20-32(42-4)30(40-2)18(50-20)12-24-47-9-10-48-24/h7-16H,1-6H3. The zero-order valence-corrected chi connectivity index (χ0v) is 43.6. The zero-order valence-electron chi connectivity index (χ0n) is 31.3. The Morgan fingerprint density at radius 2 is 0.475 bits per heavy atom. The van der Waals surface area contributed by atoms with Gasteiger partial charge in [0.1, 0.15) is 0 Å². The van der Waals surface area contributed by atoms with E-state index in [0.717, 1.165) is 63.8 Å². The van der Waals surface area contributed by atoms with Crippen LogP contribution < -0.4 is 28.4 Å². The Labute approximate surface area is 405 Å². The van der Waals surface area contributed by atoms with Crippen LogP contribution in [0.4, 0.5) is 0 Å². The molecule has 0 radical (unpaired) electrons. The molecule has 6 nitrogen and oxygen atoms in total. The van der Waals surface area contributed by atoms with Crippen molar-refractivity contribution in [3.63, 3.8) is 0 Å². The predicted molar refractivity (Wildman–Crippen MR) is 284 cm³/mol. The second kappa shape index (κ2) is 19.7. The van der Waals surface area contributed by atoms with Crippen molar-refractivity contribution in [3.8, 4) is 34.5 Å². The highest BCUT2D eigenvalue weighted by Gasteiger charge is 2.34. The van der Waals surface area contributed by atoms with Crippen molar-refractivity contribution >= 4 is 212 Å². The number of thioether (sulfide) groups is 12. The van der Waals surface area contributed by atoms with Crippen molar-refractivity contribution in [1.82, 2.24) is 0 Å². The van der Waals surface area contributed by atoms with Crippen LogP contribution in [0.3, 0.4) is 0 Å². The molecule has 6 aliphatic rings. The third kappa shape index (κ3) is 9.37. The molecule has 0 saturated heterocycles. The zero-order chi connectivity index (χ0) is 40.6. The highest BCUT2D eigenvalue weighted by atomic mass is 32.3. The van der Waals surface area contributed by atoms with Gasteiger partial charge in [0.05, 0.1) is 114 Å². The average Bonchev–Trinajstić information content (AvgIpc) is 4.08. The molecule has 306 valence electrons. The van der Waals surface area contributed by atoms with Gasteiger partial charge in [-0.25, -0.2) is 0 Å². The molecule has 59 heavy (non-hydrogen) atoms. The van der Waals surface area contributed by atoms with E-state index in [4.69, 9.17) is 28.4 Å². The summed E-state index contributed by atoms with van der Waals surface area (Å²) in [5.41, 5.74) is 0. The van der Waals surface area contributed by atoms with Gasteiger partial charge in [-0.05, 0) is 58.1 Å². The number of hydrogen-bond acceptors (Lipinski definition) is 21. The minimum atomic E-state index is 0.764. The second-order valence-electron chi connectivity index (χ2n) is 11.5. The van der Waals surface area contributed by atoms with Crippen LogP contribution in [0, 0.1) is 0 Å². The van der Waals surface area contributed by atoms with Gasteiger partial charge in [-0.2, -0.15) is 0 Å². The topological polar surface area (TPSA) is 55.4 Å². The minimum Gasteiger partial charge on any atom is -0.491 e. The fraction of sp³-hybridized carbons (Fsp3) is 0.158. The Morgan fingerprint density at radius 3 is 0.661 bits per heavy atom. The van der Waals surface area contributed by atoms with E-state index >= 15 is 0 Å². The van der Waals surface area contributed by atoms with E-state index in [1.807, 2.05) is 94.1 Å². The van der Waals surface area contributed by atoms with Crippen LogP contribution in [0.5, 0.6) is 34.5 Å². The Hall–Kier alpha value is -0.500. The lowest BCUT2D eigenvalue weighted by molar-refractivity contribution is 0.357. The van der Waals surface area contributed by atoms with Gasteiger partial charge >= 0.3 is 0 Å². The van der Waals surface area contributed by atoms with E-state index in [1.54, 1.807) is 124 Å². The van der Waals surface area contributed by atoms with Crippen LogP contribution >= 0.6 is 175 Å². The molecule has 21 heteroatoms. The van der Waals surface area contributed by atoms with Crippen LogP contribution in [-0.4, -0.2) is 42.7 Å². The first-order valence-electron chi connectivity index (χ1n) is 16.8. The van der Waals surface area contributed by atoms with Crippen molar-refractivity contribution in [2.45, 2.75) is 0 Å². The molecule has 3 aromatic heterocycles. The molecule has 0 aliphatic carbocycles. The van der Waals surface area contributed by atoms with Gasteiger partial charge in [-0.15, -0.1) is 34.0 Å². The SMILES string of the molecule is COc1c(C=C2SC=CS2)sc(C=C2SC3=C(S2)SC(=Cc2sc(C=C4SC5=C(SC(=Cc6sc(C=C7SC=CS7)c(OC)c6OC)S5)S4)c(OC)c2OC)S3)c1OC. The van der Waals surface area contributed by atoms with Gasteiger partial charge in [0.2, 0.25) is 0 Å². The summed E-state index contributed by atoms with van der Waals surface area (Å²) >= 11 is 26.5. The van der Waals surface area contributed by atoms with E-state index < -0.39 is 0 Å². The van der Waals surface area contributed by atoms with Crippen molar-refractivity contribution < 1.29 is 28.4 Å². The molecule has 0 fully saturated rings. The minimum absolute atomic E-state index is 0.764. The Kier molecular flexibility index (Phi) is 14.6. The summed E-state index contributed by atoms with van der Waals surface area (Å²) in [6.45, 7) is 0. The highest BCUT2D eigenvalue weighted by molar-refractivity contribution is 8.49. The van der Waals surface area contributed by atoms with Gasteiger partial charge in [0, 0.05) is 0 Å². The number of rotatable bonds is 12. The first-order valence-corrected chi connectivity index (χ1v) is 29.3. The molecule has 0 N–H and O–H groups in total. The van der Waals surface area contributed by atoms with Crippen molar-refractivity contribution in [1.29, 1.82) is 0 Å². The van der Waals surface area contributed by atoms with Crippen LogP contribution in [0.25, 0.3) is 36.5 Å². The fourth-order valence-electron chi connectivity index (χ4n) is 5.71. The first kappa shape index (κ1) is 43.7. The average molecular weight is 1060 g/mol. The molecule has 0 aromatic carbocycles. The summed E-state index contributed by atoms with van der Waals surface area (Å²) in [4.78, 5) is 6.33. The van der Waals surface area contributed by atoms with Crippen LogP contribution in [0.1, 0.15) is 29.3 Å². The number of methoxy groups -OCH3 is 6. The maximum Gasteiger partial charge on any atom is 0.179 e.